The van der Waals surface area contributed by atoms with Crippen LogP contribution in [0.1, 0.15) is 64.9 Å². The summed E-state index contributed by atoms with van der Waals surface area (Å²) in [6.45, 7) is 12.9. The van der Waals surface area contributed by atoms with Crippen LogP contribution >= 0.6 is 0 Å². The molecule has 0 atom stereocenters. The van der Waals surface area contributed by atoms with Gasteiger partial charge in [-0.25, -0.2) is 9.97 Å². The molecule has 1 aromatic rings. The van der Waals surface area contributed by atoms with Crippen molar-refractivity contribution in [3.05, 3.63) is 17.6 Å². The van der Waals surface area contributed by atoms with Crippen LogP contribution in [0.5, 0.6) is 0 Å². The lowest BCUT2D eigenvalue weighted by molar-refractivity contribution is 0.508. The molecule has 0 saturated heterocycles. The standard InChI is InChI=1S/C14H25N3/c1-7-8-14(5,6)17-12-9-11(4)15-13(16-12)10(2)3/h9-10H,7-8H2,1-6H3,(H,15,16,17). The molecule has 1 rings (SSSR count). The summed E-state index contributed by atoms with van der Waals surface area (Å²) in [6, 6.07) is 2.02. The molecular formula is C14H25N3. The maximum Gasteiger partial charge on any atom is 0.133 e. The van der Waals surface area contributed by atoms with Crippen molar-refractivity contribution < 1.29 is 0 Å². The Morgan fingerprint density at radius 3 is 2.47 bits per heavy atom. The molecule has 1 aromatic heterocycles. The average molecular weight is 235 g/mol. The van der Waals surface area contributed by atoms with Crippen LogP contribution < -0.4 is 5.32 Å². The maximum atomic E-state index is 4.58. The number of aryl methyl sites for hydroxylation is 1. The topological polar surface area (TPSA) is 37.8 Å². The van der Waals surface area contributed by atoms with E-state index in [1.54, 1.807) is 0 Å². The highest BCUT2D eigenvalue weighted by Gasteiger charge is 2.17. The molecule has 1 N–H and O–H groups in total. The Labute approximate surface area is 105 Å². The lowest BCUT2D eigenvalue weighted by atomic mass is 9.99. The third-order valence-electron chi connectivity index (χ3n) is 2.73. The van der Waals surface area contributed by atoms with Crippen molar-refractivity contribution in [2.75, 3.05) is 5.32 Å². The van der Waals surface area contributed by atoms with E-state index in [2.05, 4.69) is 49.9 Å². The zero-order valence-electron chi connectivity index (χ0n) is 12.0. The first kappa shape index (κ1) is 13.9. The fourth-order valence-electron chi connectivity index (χ4n) is 1.95. The summed E-state index contributed by atoms with van der Waals surface area (Å²) in [7, 11) is 0. The highest BCUT2D eigenvalue weighted by Crippen LogP contribution is 2.20. The molecule has 0 aliphatic carbocycles. The zero-order valence-corrected chi connectivity index (χ0v) is 12.0. The largest absolute Gasteiger partial charge is 0.365 e. The van der Waals surface area contributed by atoms with Crippen molar-refractivity contribution in [3.8, 4) is 0 Å². The van der Waals surface area contributed by atoms with Crippen LogP contribution in [0.3, 0.4) is 0 Å². The highest BCUT2D eigenvalue weighted by atomic mass is 15.1. The smallest absolute Gasteiger partial charge is 0.133 e. The number of anilines is 1. The Morgan fingerprint density at radius 2 is 1.94 bits per heavy atom. The Bertz CT molecular complexity index is 370. The molecule has 1 heterocycles. The lowest BCUT2D eigenvalue weighted by Crippen LogP contribution is -2.31. The van der Waals surface area contributed by atoms with Gasteiger partial charge in [0, 0.05) is 23.2 Å². The predicted octanol–water partition coefficient (Wildman–Crippen LogP) is 3.90. The second-order valence-electron chi connectivity index (χ2n) is 5.67. The summed E-state index contributed by atoms with van der Waals surface area (Å²) in [5.41, 5.74) is 1.11. The molecule has 0 aromatic carbocycles. The van der Waals surface area contributed by atoms with E-state index < -0.39 is 0 Å². The van der Waals surface area contributed by atoms with Crippen molar-refractivity contribution in [1.29, 1.82) is 0 Å². The van der Waals surface area contributed by atoms with Crippen molar-refractivity contribution >= 4 is 5.82 Å². The third-order valence-corrected chi connectivity index (χ3v) is 2.73. The minimum absolute atomic E-state index is 0.0871. The van der Waals surface area contributed by atoms with Crippen molar-refractivity contribution in [2.45, 2.75) is 65.8 Å². The van der Waals surface area contributed by atoms with E-state index in [1.807, 2.05) is 13.0 Å². The number of hydrogen-bond donors (Lipinski definition) is 1. The van der Waals surface area contributed by atoms with E-state index in [-0.39, 0.29) is 5.54 Å². The van der Waals surface area contributed by atoms with Crippen molar-refractivity contribution in [3.63, 3.8) is 0 Å². The van der Waals surface area contributed by atoms with E-state index in [0.29, 0.717) is 5.92 Å². The molecule has 0 saturated carbocycles. The van der Waals surface area contributed by atoms with E-state index in [4.69, 9.17) is 0 Å². The first-order chi connectivity index (χ1) is 7.84. The molecule has 0 unspecified atom stereocenters. The quantitative estimate of drug-likeness (QED) is 0.841. The summed E-state index contributed by atoms with van der Waals surface area (Å²) in [5.74, 6) is 2.23. The van der Waals surface area contributed by atoms with Gasteiger partial charge in [0.15, 0.2) is 0 Å². The molecule has 96 valence electrons. The van der Waals surface area contributed by atoms with Gasteiger partial charge < -0.3 is 5.32 Å². The number of rotatable bonds is 5. The first-order valence-corrected chi connectivity index (χ1v) is 6.48. The summed E-state index contributed by atoms with van der Waals surface area (Å²) >= 11 is 0. The molecule has 0 bridgehead atoms. The number of nitrogens with one attached hydrogen (secondary N) is 1. The molecule has 0 fully saturated rings. The Hall–Kier alpha value is -1.12. The van der Waals surface area contributed by atoms with Gasteiger partial charge in [-0.1, -0.05) is 27.2 Å². The molecule has 0 aliphatic rings. The molecule has 0 spiro atoms. The maximum absolute atomic E-state index is 4.58. The van der Waals surface area contributed by atoms with E-state index >= 15 is 0 Å². The fraction of sp³-hybridized carbons (Fsp3) is 0.714. The lowest BCUT2D eigenvalue weighted by Gasteiger charge is -2.26. The van der Waals surface area contributed by atoms with Gasteiger partial charge in [-0.15, -0.1) is 0 Å². The Morgan fingerprint density at radius 1 is 1.29 bits per heavy atom. The predicted molar refractivity (Wildman–Crippen MR) is 73.5 cm³/mol. The van der Waals surface area contributed by atoms with Crippen molar-refractivity contribution in [2.24, 2.45) is 0 Å². The molecule has 3 nitrogen and oxygen atoms in total. The summed E-state index contributed by atoms with van der Waals surface area (Å²) in [4.78, 5) is 9.04. The van der Waals surface area contributed by atoms with Gasteiger partial charge in [-0.05, 0) is 27.2 Å². The van der Waals surface area contributed by atoms with Gasteiger partial charge >= 0.3 is 0 Å². The second kappa shape index (κ2) is 5.48. The van der Waals surface area contributed by atoms with E-state index in [1.165, 1.54) is 6.42 Å². The Balaban J connectivity index is 2.91. The summed E-state index contributed by atoms with van der Waals surface area (Å²) < 4.78 is 0. The molecular weight excluding hydrogens is 210 g/mol. The number of hydrogen-bond acceptors (Lipinski definition) is 3. The van der Waals surface area contributed by atoms with Gasteiger partial charge in [0.1, 0.15) is 11.6 Å². The molecule has 0 amide bonds. The average Bonchev–Trinajstić information content (AvgIpc) is 2.15. The zero-order chi connectivity index (χ0) is 13.1. The van der Waals surface area contributed by atoms with Crippen LogP contribution in [0, 0.1) is 6.92 Å². The number of nitrogens with zero attached hydrogens (tertiary/aromatic N) is 2. The van der Waals surface area contributed by atoms with Gasteiger partial charge in [0.25, 0.3) is 0 Å². The molecule has 0 radical (unpaired) electrons. The van der Waals surface area contributed by atoms with Gasteiger partial charge in [0.05, 0.1) is 0 Å². The summed E-state index contributed by atoms with van der Waals surface area (Å²) in [6.07, 6.45) is 2.30. The van der Waals surface area contributed by atoms with E-state index in [9.17, 15) is 0 Å². The van der Waals surface area contributed by atoms with Crippen LogP contribution in [0.4, 0.5) is 5.82 Å². The number of aromatic nitrogens is 2. The fourth-order valence-corrected chi connectivity index (χ4v) is 1.95. The minimum atomic E-state index is 0.0871. The van der Waals surface area contributed by atoms with Crippen LogP contribution in [-0.2, 0) is 0 Å². The summed E-state index contributed by atoms with van der Waals surface area (Å²) in [5, 5.41) is 3.50. The highest BCUT2D eigenvalue weighted by molar-refractivity contribution is 5.38. The normalized spacial score (nSPS) is 11.9. The minimum Gasteiger partial charge on any atom is -0.365 e. The SMILES string of the molecule is CCCC(C)(C)Nc1cc(C)nc(C(C)C)n1. The van der Waals surface area contributed by atoms with Crippen LogP contribution in [0.15, 0.2) is 6.07 Å². The molecule has 3 heteroatoms. The molecule has 17 heavy (non-hydrogen) atoms. The monoisotopic (exact) mass is 235 g/mol. The second-order valence-corrected chi connectivity index (χ2v) is 5.67. The third kappa shape index (κ3) is 4.33. The first-order valence-electron chi connectivity index (χ1n) is 6.48. The van der Waals surface area contributed by atoms with Gasteiger partial charge in [-0.2, -0.15) is 0 Å². The Kier molecular flexibility index (Phi) is 4.49. The van der Waals surface area contributed by atoms with Crippen LogP contribution in [-0.4, -0.2) is 15.5 Å². The molecule has 0 aliphatic heterocycles. The van der Waals surface area contributed by atoms with Crippen LogP contribution in [0.2, 0.25) is 0 Å². The van der Waals surface area contributed by atoms with Gasteiger partial charge in [0.2, 0.25) is 0 Å². The van der Waals surface area contributed by atoms with Gasteiger partial charge in [-0.3, -0.25) is 0 Å². The van der Waals surface area contributed by atoms with Crippen molar-refractivity contribution in [1.82, 2.24) is 9.97 Å². The van der Waals surface area contributed by atoms with Crippen LogP contribution in [0.25, 0.3) is 0 Å². The van der Waals surface area contributed by atoms with E-state index in [0.717, 1.165) is 23.8 Å².